The summed E-state index contributed by atoms with van der Waals surface area (Å²) in [7, 11) is 4.86. The molecule has 170 valence electrons. The van der Waals surface area contributed by atoms with E-state index in [1.807, 2.05) is 0 Å². The highest BCUT2D eigenvalue weighted by molar-refractivity contribution is 14.0. The normalized spacial score (nSPS) is 14.7. The SMILES string of the molecule is CN=C(NCc1cc(OC)c(O)c(OC)c1)N1CCN(Cc2cccc(C)c2)CC1.I. The number of halogens is 1. The molecule has 2 aromatic rings. The van der Waals surface area contributed by atoms with Crippen molar-refractivity contribution in [1.82, 2.24) is 15.1 Å². The minimum absolute atomic E-state index is 0. The van der Waals surface area contributed by atoms with Crippen molar-refractivity contribution in [2.24, 2.45) is 4.99 Å². The van der Waals surface area contributed by atoms with Crippen LogP contribution in [-0.4, -0.2) is 68.3 Å². The Balaban J connectivity index is 0.00000341. The molecule has 7 nitrogen and oxygen atoms in total. The molecule has 31 heavy (non-hydrogen) atoms. The second-order valence-electron chi connectivity index (χ2n) is 7.50. The Labute approximate surface area is 202 Å². The first-order valence-electron chi connectivity index (χ1n) is 10.2. The number of aryl methyl sites for hydroxylation is 1. The number of aromatic hydroxyl groups is 1. The first kappa shape index (κ1) is 25.1. The fourth-order valence-corrected chi connectivity index (χ4v) is 3.75. The van der Waals surface area contributed by atoms with E-state index < -0.39 is 0 Å². The van der Waals surface area contributed by atoms with Gasteiger partial charge in [0.1, 0.15) is 0 Å². The Morgan fingerprint density at radius 3 is 2.23 bits per heavy atom. The summed E-state index contributed by atoms with van der Waals surface area (Å²) in [4.78, 5) is 9.21. The quantitative estimate of drug-likeness (QED) is 0.333. The zero-order valence-electron chi connectivity index (χ0n) is 18.7. The topological polar surface area (TPSA) is 69.6 Å². The lowest BCUT2D eigenvalue weighted by atomic mass is 10.1. The van der Waals surface area contributed by atoms with E-state index in [1.54, 1.807) is 19.2 Å². The predicted molar refractivity (Wildman–Crippen MR) is 135 cm³/mol. The smallest absolute Gasteiger partial charge is 0.200 e. The predicted octanol–water partition coefficient (Wildman–Crippen LogP) is 3.23. The van der Waals surface area contributed by atoms with E-state index in [2.05, 4.69) is 51.3 Å². The first-order chi connectivity index (χ1) is 14.5. The van der Waals surface area contributed by atoms with Crippen LogP contribution in [0, 0.1) is 6.92 Å². The summed E-state index contributed by atoms with van der Waals surface area (Å²) in [5.74, 6) is 1.67. The molecule has 1 heterocycles. The average molecular weight is 540 g/mol. The molecule has 0 spiro atoms. The molecule has 0 bridgehead atoms. The highest BCUT2D eigenvalue weighted by Gasteiger charge is 2.20. The zero-order valence-corrected chi connectivity index (χ0v) is 21.1. The number of ether oxygens (including phenoxy) is 2. The molecule has 2 aromatic carbocycles. The Bertz CT molecular complexity index is 858. The molecule has 1 aliphatic rings. The number of phenols is 1. The van der Waals surface area contributed by atoms with E-state index >= 15 is 0 Å². The molecule has 0 atom stereocenters. The van der Waals surface area contributed by atoms with Crippen molar-refractivity contribution in [2.75, 3.05) is 47.4 Å². The standard InChI is InChI=1S/C23H32N4O3.HI/c1-17-6-5-7-18(12-17)16-26-8-10-27(11-9-26)23(24-2)25-15-19-13-20(29-3)22(28)21(14-19)30-4;/h5-7,12-14,28H,8-11,15-16H2,1-4H3,(H,24,25);1H. The Kier molecular flexibility index (Phi) is 9.70. The Morgan fingerprint density at radius 1 is 1.03 bits per heavy atom. The van der Waals surface area contributed by atoms with E-state index in [9.17, 15) is 5.11 Å². The molecule has 0 radical (unpaired) electrons. The van der Waals surface area contributed by atoms with Gasteiger partial charge in [-0.15, -0.1) is 24.0 Å². The van der Waals surface area contributed by atoms with Crippen molar-refractivity contribution < 1.29 is 14.6 Å². The fraction of sp³-hybridized carbons (Fsp3) is 0.435. The van der Waals surface area contributed by atoms with Crippen LogP contribution < -0.4 is 14.8 Å². The van der Waals surface area contributed by atoms with Gasteiger partial charge in [-0.1, -0.05) is 29.8 Å². The number of guanidine groups is 1. The van der Waals surface area contributed by atoms with Gasteiger partial charge in [-0.3, -0.25) is 9.89 Å². The molecule has 8 heteroatoms. The summed E-state index contributed by atoms with van der Waals surface area (Å²) in [5, 5.41) is 13.5. The van der Waals surface area contributed by atoms with E-state index in [4.69, 9.17) is 9.47 Å². The number of hydrogen-bond acceptors (Lipinski definition) is 5. The summed E-state index contributed by atoms with van der Waals surface area (Å²) in [5.41, 5.74) is 3.61. The third-order valence-electron chi connectivity index (χ3n) is 5.36. The summed E-state index contributed by atoms with van der Waals surface area (Å²) < 4.78 is 10.5. The van der Waals surface area contributed by atoms with Crippen molar-refractivity contribution >= 4 is 29.9 Å². The van der Waals surface area contributed by atoms with Gasteiger partial charge in [-0.25, -0.2) is 0 Å². The van der Waals surface area contributed by atoms with Crippen molar-refractivity contribution in [2.45, 2.75) is 20.0 Å². The number of hydrogen-bond donors (Lipinski definition) is 2. The van der Waals surface area contributed by atoms with Crippen LogP contribution in [0.4, 0.5) is 0 Å². The fourth-order valence-electron chi connectivity index (χ4n) is 3.75. The van der Waals surface area contributed by atoms with Gasteiger partial charge < -0.3 is 24.8 Å². The van der Waals surface area contributed by atoms with E-state index in [0.29, 0.717) is 18.0 Å². The summed E-state index contributed by atoms with van der Waals surface area (Å²) in [6.07, 6.45) is 0. The number of piperazine rings is 1. The van der Waals surface area contributed by atoms with Crippen LogP contribution in [0.15, 0.2) is 41.4 Å². The van der Waals surface area contributed by atoms with Crippen LogP contribution in [0.3, 0.4) is 0 Å². The minimum atomic E-state index is 0. The highest BCUT2D eigenvalue weighted by Crippen LogP contribution is 2.37. The van der Waals surface area contributed by atoms with Crippen LogP contribution >= 0.6 is 24.0 Å². The molecule has 1 aliphatic heterocycles. The second-order valence-corrected chi connectivity index (χ2v) is 7.50. The monoisotopic (exact) mass is 540 g/mol. The van der Waals surface area contributed by atoms with Crippen molar-refractivity contribution in [1.29, 1.82) is 0 Å². The van der Waals surface area contributed by atoms with Gasteiger partial charge >= 0.3 is 0 Å². The lowest BCUT2D eigenvalue weighted by Crippen LogP contribution is -2.52. The number of aliphatic imine (C=N–C) groups is 1. The number of methoxy groups -OCH3 is 2. The van der Waals surface area contributed by atoms with Gasteiger partial charge in [-0.2, -0.15) is 0 Å². The average Bonchev–Trinajstić information content (AvgIpc) is 2.76. The molecule has 0 aromatic heterocycles. The summed E-state index contributed by atoms with van der Waals surface area (Å²) in [6.45, 7) is 7.51. The van der Waals surface area contributed by atoms with E-state index in [1.165, 1.54) is 25.3 Å². The van der Waals surface area contributed by atoms with Crippen molar-refractivity contribution in [3.05, 3.63) is 53.1 Å². The molecular weight excluding hydrogens is 507 g/mol. The number of nitrogens with one attached hydrogen (secondary N) is 1. The zero-order chi connectivity index (χ0) is 21.5. The molecule has 2 N–H and O–H groups in total. The van der Waals surface area contributed by atoms with E-state index in [0.717, 1.165) is 44.2 Å². The van der Waals surface area contributed by atoms with Gasteiger partial charge in [-0.05, 0) is 30.2 Å². The molecule has 0 unspecified atom stereocenters. The van der Waals surface area contributed by atoms with Crippen molar-refractivity contribution in [3.8, 4) is 17.2 Å². The largest absolute Gasteiger partial charge is 0.502 e. The lowest BCUT2D eigenvalue weighted by Gasteiger charge is -2.36. The number of phenolic OH excluding ortho intramolecular Hbond substituents is 1. The van der Waals surface area contributed by atoms with Crippen LogP contribution in [0.5, 0.6) is 17.2 Å². The third-order valence-corrected chi connectivity index (χ3v) is 5.36. The van der Waals surface area contributed by atoms with Crippen molar-refractivity contribution in [3.63, 3.8) is 0 Å². The molecule has 1 saturated heterocycles. The molecular formula is C23H33IN4O3. The van der Waals surface area contributed by atoms with Gasteiger partial charge in [0.25, 0.3) is 0 Å². The van der Waals surface area contributed by atoms with Crippen LogP contribution in [-0.2, 0) is 13.1 Å². The first-order valence-corrected chi connectivity index (χ1v) is 10.2. The highest BCUT2D eigenvalue weighted by atomic mass is 127. The van der Waals surface area contributed by atoms with Gasteiger partial charge in [0.05, 0.1) is 14.2 Å². The maximum atomic E-state index is 10.1. The molecule has 0 amide bonds. The summed E-state index contributed by atoms with van der Waals surface area (Å²) in [6, 6.07) is 12.3. The van der Waals surface area contributed by atoms with Crippen LogP contribution in [0.2, 0.25) is 0 Å². The Hall–Kier alpha value is -2.20. The number of nitrogens with zero attached hydrogens (tertiary/aromatic N) is 3. The molecule has 0 aliphatic carbocycles. The van der Waals surface area contributed by atoms with Crippen LogP contribution in [0.1, 0.15) is 16.7 Å². The van der Waals surface area contributed by atoms with Gasteiger partial charge in [0, 0.05) is 46.3 Å². The van der Waals surface area contributed by atoms with Crippen LogP contribution in [0.25, 0.3) is 0 Å². The minimum Gasteiger partial charge on any atom is -0.502 e. The number of rotatable bonds is 6. The van der Waals surface area contributed by atoms with Gasteiger partial charge in [0.15, 0.2) is 17.5 Å². The molecule has 3 rings (SSSR count). The van der Waals surface area contributed by atoms with E-state index in [-0.39, 0.29) is 29.7 Å². The van der Waals surface area contributed by atoms with Gasteiger partial charge in [0.2, 0.25) is 5.75 Å². The second kappa shape index (κ2) is 12.0. The lowest BCUT2D eigenvalue weighted by molar-refractivity contribution is 0.172. The maximum absolute atomic E-state index is 10.1. The Morgan fingerprint density at radius 2 is 1.68 bits per heavy atom. The number of benzene rings is 2. The molecule has 0 saturated carbocycles. The molecule has 1 fully saturated rings. The summed E-state index contributed by atoms with van der Waals surface area (Å²) >= 11 is 0. The third kappa shape index (κ3) is 6.64. The maximum Gasteiger partial charge on any atom is 0.200 e.